The summed E-state index contributed by atoms with van der Waals surface area (Å²) in [6.07, 6.45) is 0. The third-order valence-corrected chi connectivity index (χ3v) is 9.76. The molecule has 0 saturated carbocycles. The van der Waals surface area contributed by atoms with Gasteiger partial charge < -0.3 is 13.9 Å². The van der Waals surface area contributed by atoms with Gasteiger partial charge in [-0.05, 0) is 101 Å². The maximum absolute atomic E-state index is 6.20. The summed E-state index contributed by atoms with van der Waals surface area (Å²) in [5, 5.41) is 7.20. The second-order valence-corrected chi connectivity index (χ2v) is 12.6. The fourth-order valence-electron chi connectivity index (χ4n) is 7.51. The lowest BCUT2D eigenvalue weighted by Crippen LogP contribution is -2.09. The topological polar surface area (TPSA) is 21.3 Å². The number of anilines is 3. The molecule has 2 aromatic heterocycles. The molecule has 0 atom stereocenters. The molecule has 0 aliphatic carbocycles. The average molecular weight is 627 g/mol. The summed E-state index contributed by atoms with van der Waals surface area (Å²) < 4.78 is 8.56. The molecule has 230 valence electrons. The van der Waals surface area contributed by atoms with Crippen molar-refractivity contribution in [2.45, 2.75) is 0 Å². The van der Waals surface area contributed by atoms with Gasteiger partial charge in [0.15, 0.2) is 0 Å². The molecule has 3 heteroatoms. The van der Waals surface area contributed by atoms with Crippen LogP contribution in [-0.2, 0) is 0 Å². The Hall–Kier alpha value is -6.58. The van der Waals surface area contributed by atoms with Crippen molar-refractivity contribution in [2.75, 3.05) is 4.90 Å². The number of para-hydroxylation sites is 4. The van der Waals surface area contributed by atoms with Crippen LogP contribution < -0.4 is 4.90 Å². The van der Waals surface area contributed by atoms with Gasteiger partial charge in [0.25, 0.3) is 0 Å². The monoisotopic (exact) mass is 626 g/mol. The second-order valence-electron chi connectivity index (χ2n) is 12.6. The van der Waals surface area contributed by atoms with Crippen LogP contribution >= 0.6 is 0 Å². The lowest BCUT2D eigenvalue weighted by molar-refractivity contribution is 0.669. The summed E-state index contributed by atoms with van der Waals surface area (Å²) in [7, 11) is 0. The summed E-state index contributed by atoms with van der Waals surface area (Å²) in [4.78, 5) is 2.35. The number of hydrogen-bond acceptors (Lipinski definition) is 2. The van der Waals surface area contributed by atoms with Crippen molar-refractivity contribution in [1.29, 1.82) is 0 Å². The number of aromatic nitrogens is 1. The van der Waals surface area contributed by atoms with Crippen molar-refractivity contribution in [3.05, 3.63) is 182 Å². The number of hydrogen-bond donors (Lipinski definition) is 0. The Morgan fingerprint density at radius 1 is 0.388 bits per heavy atom. The van der Waals surface area contributed by atoms with Crippen molar-refractivity contribution in [2.24, 2.45) is 0 Å². The molecule has 10 rings (SSSR count). The van der Waals surface area contributed by atoms with Crippen molar-refractivity contribution in [3.8, 4) is 16.8 Å². The van der Waals surface area contributed by atoms with Crippen molar-refractivity contribution in [3.63, 3.8) is 0 Å². The Morgan fingerprint density at radius 2 is 1.02 bits per heavy atom. The van der Waals surface area contributed by atoms with E-state index in [1.807, 2.05) is 12.1 Å². The van der Waals surface area contributed by atoms with Gasteiger partial charge in [0.05, 0.1) is 11.0 Å². The van der Waals surface area contributed by atoms with Gasteiger partial charge in [-0.3, -0.25) is 0 Å². The molecular formula is C46H30N2O. The number of furan rings is 1. The van der Waals surface area contributed by atoms with Crippen LogP contribution in [-0.4, -0.2) is 4.57 Å². The van der Waals surface area contributed by atoms with Crippen molar-refractivity contribution in [1.82, 2.24) is 4.57 Å². The molecule has 10 aromatic rings. The van der Waals surface area contributed by atoms with Crippen LogP contribution in [0.3, 0.4) is 0 Å². The zero-order valence-electron chi connectivity index (χ0n) is 26.6. The Bertz CT molecular complexity index is 2810. The third-order valence-electron chi connectivity index (χ3n) is 9.76. The van der Waals surface area contributed by atoms with E-state index in [-0.39, 0.29) is 0 Å². The Balaban J connectivity index is 1.10. The van der Waals surface area contributed by atoms with Crippen LogP contribution in [0, 0.1) is 0 Å². The first-order valence-corrected chi connectivity index (χ1v) is 16.7. The van der Waals surface area contributed by atoms with Gasteiger partial charge in [-0.2, -0.15) is 0 Å². The molecule has 0 radical (unpaired) electrons. The smallest absolute Gasteiger partial charge is 0.136 e. The number of fused-ring (bicyclic) bond motifs is 8. The highest BCUT2D eigenvalue weighted by Gasteiger charge is 2.18. The van der Waals surface area contributed by atoms with E-state index in [0.29, 0.717) is 0 Å². The fraction of sp³-hybridized carbons (Fsp3) is 0. The SMILES string of the molecule is c1ccc(N(c2ccc(-c3ccc4ccc5oc6ccccc6c5c4c3)cc2)c2ccc3c(c2)c2ccccc2n3-c2ccccc2)cc1. The molecule has 0 fully saturated rings. The average Bonchev–Trinajstić information content (AvgIpc) is 3.72. The molecule has 0 saturated heterocycles. The molecular weight excluding hydrogens is 597 g/mol. The highest BCUT2D eigenvalue weighted by molar-refractivity contribution is 6.19. The van der Waals surface area contributed by atoms with E-state index in [2.05, 4.69) is 179 Å². The minimum atomic E-state index is 0.920. The first-order chi connectivity index (χ1) is 24.3. The zero-order valence-corrected chi connectivity index (χ0v) is 26.6. The van der Waals surface area contributed by atoms with Crippen molar-refractivity contribution < 1.29 is 4.42 Å². The number of rotatable bonds is 5. The first kappa shape index (κ1) is 27.5. The van der Waals surface area contributed by atoms with Gasteiger partial charge in [-0.25, -0.2) is 0 Å². The van der Waals surface area contributed by atoms with E-state index in [1.54, 1.807) is 0 Å². The summed E-state index contributed by atoms with van der Waals surface area (Å²) >= 11 is 0. The zero-order chi connectivity index (χ0) is 32.3. The van der Waals surface area contributed by atoms with Crippen LogP contribution in [0.2, 0.25) is 0 Å². The Labute approximate surface area is 283 Å². The maximum Gasteiger partial charge on any atom is 0.136 e. The predicted octanol–water partition coefficient (Wildman–Crippen LogP) is 13.0. The van der Waals surface area contributed by atoms with Crippen LogP contribution in [0.4, 0.5) is 17.1 Å². The number of benzene rings is 8. The van der Waals surface area contributed by atoms with E-state index in [4.69, 9.17) is 4.42 Å². The van der Waals surface area contributed by atoms with Gasteiger partial charge in [0.2, 0.25) is 0 Å². The van der Waals surface area contributed by atoms with E-state index in [1.165, 1.54) is 49.1 Å². The van der Waals surface area contributed by atoms with Gasteiger partial charge >= 0.3 is 0 Å². The van der Waals surface area contributed by atoms with Gasteiger partial charge in [0.1, 0.15) is 11.2 Å². The lowest BCUT2D eigenvalue weighted by Gasteiger charge is -2.26. The molecule has 2 heterocycles. The molecule has 0 aliphatic rings. The second kappa shape index (κ2) is 11.0. The molecule has 0 amide bonds. The summed E-state index contributed by atoms with van der Waals surface area (Å²) in [6, 6.07) is 65.0. The Kier molecular flexibility index (Phi) is 6.18. The quantitative estimate of drug-likeness (QED) is 0.190. The van der Waals surface area contributed by atoms with E-state index >= 15 is 0 Å². The molecule has 8 aromatic carbocycles. The molecule has 49 heavy (non-hydrogen) atoms. The molecule has 0 N–H and O–H groups in total. The van der Waals surface area contributed by atoms with Crippen LogP contribution in [0.15, 0.2) is 186 Å². The van der Waals surface area contributed by atoms with Gasteiger partial charge in [-0.1, -0.05) is 103 Å². The summed E-state index contributed by atoms with van der Waals surface area (Å²) in [6.45, 7) is 0. The molecule has 0 unspecified atom stereocenters. The fourth-order valence-corrected chi connectivity index (χ4v) is 7.51. The van der Waals surface area contributed by atoms with Crippen LogP contribution in [0.1, 0.15) is 0 Å². The summed E-state index contributed by atoms with van der Waals surface area (Å²) in [5.74, 6) is 0. The van der Waals surface area contributed by atoms with Gasteiger partial charge in [-0.15, -0.1) is 0 Å². The molecule has 0 spiro atoms. The number of nitrogens with zero attached hydrogens (tertiary/aromatic N) is 2. The molecule has 0 aliphatic heterocycles. The van der Waals surface area contributed by atoms with Crippen LogP contribution in [0.5, 0.6) is 0 Å². The maximum atomic E-state index is 6.20. The van der Waals surface area contributed by atoms with Crippen LogP contribution in [0.25, 0.3) is 71.3 Å². The van der Waals surface area contributed by atoms with E-state index < -0.39 is 0 Å². The van der Waals surface area contributed by atoms with Gasteiger partial charge in [0, 0.05) is 44.3 Å². The molecule has 3 nitrogen and oxygen atoms in total. The first-order valence-electron chi connectivity index (χ1n) is 16.7. The standard InChI is InChI=1S/C46H30N2O/c1-3-11-34(12-4-1)47(37-26-27-43-41(30-37)38-15-7-9-17-42(38)48(43)35-13-5-2-6-14-35)36-24-21-31(22-25-36)33-20-19-32-23-28-45-46(40(32)29-33)39-16-8-10-18-44(39)49-45/h1-30H. The minimum absolute atomic E-state index is 0.920. The third kappa shape index (κ3) is 4.44. The highest BCUT2D eigenvalue weighted by atomic mass is 16.3. The normalized spacial score (nSPS) is 11.7. The highest BCUT2D eigenvalue weighted by Crippen LogP contribution is 2.41. The minimum Gasteiger partial charge on any atom is -0.456 e. The predicted molar refractivity (Wildman–Crippen MR) is 206 cm³/mol. The summed E-state index contributed by atoms with van der Waals surface area (Å²) in [5.41, 5.74) is 11.1. The molecule has 0 bridgehead atoms. The largest absolute Gasteiger partial charge is 0.456 e. The Morgan fingerprint density at radius 3 is 1.86 bits per heavy atom. The lowest BCUT2D eigenvalue weighted by atomic mass is 9.98. The van der Waals surface area contributed by atoms with E-state index in [0.717, 1.165) is 39.3 Å². The van der Waals surface area contributed by atoms with E-state index in [9.17, 15) is 0 Å². The van der Waals surface area contributed by atoms with Crippen molar-refractivity contribution >= 4 is 71.6 Å².